The number of methoxy groups -OCH3 is 2. The summed E-state index contributed by atoms with van der Waals surface area (Å²) in [7, 11) is 3.29. The summed E-state index contributed by atoms with van der Waals surface area (Å²) >= 11 is 1.52. The highest BCUT2D eigenvalue weighted by Crippen LogP contribution is 2.32. The van der Waals surface area contributed by atoms with Crippen molar-refractivity contribution in [2.24, 2.45) is 0 Å². The van der Waals surface area contributed by atoms with Crippen molar-refractivity contribution < 1.29 is 9.47 Å². The Morgan fingerprint density at radius 1 is 0.969 bits per heavy atom. The number of nitrogens with zero attached hydrogens (tertiary/aromatic N) is 5. The molecule has 0 aliphatic carbocycles. The normalized spacial score (nSPS) is 11.0. The molecule has 9 heteroatoms. The van der Waals surface area contributed by atoms with Crippen molar-refractivity contribution in [3.8, 4) is 28.4 Å². The van der Waals surface area contributed by atoms with Crippen molar-refractivity contribution in [2.45, 2.75) is 6.92 Å². The first-order valence-electron chi connectivity index (χ1n) is 9.86. The highest BCUT2D eigenvalue weighted by molar-refractivity contribution is 7.17. The molecule has 0 aliphatic heterocycles. The van der Waals surface area contributed by atoms with Crippen LogP contribution in [0.2, 0.25) is 0 Å². The first-order valence-corrected chi connectivity index (χ1v) is 10.7. The van der Waals surface area contributed by atoms with Gasteiger partial charge in [-0.1, -0.05) is 0 Å². The predicted octanol–water partition coefficient (Wildman–Crippen LogP) is 5.01. The fourth-order valence-corrected chi connectivity index (χ4v) is 4.15. The van der Waals surface area contributed by atoms with E-state index in [1.807, 2.05) is 60.2 Å². The molecule has 0 atom stereocenters. The van der Waals surface area contributed by atoms with E-state index in [1.165, 1.54) is 11.3 Å². The molecule has 0 aliphatic rings. The number of hydrogen-bond acceptors (Lipinski definition) is 8. The van der Waals surface area contributed by atoms with Crippen LogP contribution in [0.1, 0.15) is 5.69 Å². The van der Waals surface area contributed by atoms with E-state index in [0.717, 1.165) is 38.8 Å². The third-order valence-electron chi connectivity index (χ3n) is 4.98. The summed E-state index contributed by atoms with van der Waals surface area (Å²) in [5, 5.41) is 3.29. The van der Waals surface area contributed by atoms with Crippen LogP contribution in [0.15, 0.2) is 60.5 Å². The molecule has 0 saturated carbocycles. The molecule has 1 N–H and O–H groups in total. The number of aromatic nitrogens is 5. The zero-order chi connectivity index (χ0) is 22.1. The summed E-state index contributed by atoms with van der Waals surface area (Å²) in [6.07, 6.45) is 3.71. The Balaban J connectivity index is 1.51. The van der Waals surface area contributed by atoms with Crippen LogP contribution >= 0.6 is 11.3 Å². The Hall–Kier alpha value is -3.98. The average molecular weight is 445 g/mol. The Kier molecular flexibility index (Phi) is 5.16. The smallest absolute Gasteiger partial charge is 0.229 e. The lowest BCUT2D eigenvalue weighted by Gasteiger charge is -2.13. The largest absolute Gasteiger partial charge is 0.497 e. The van der Waals surface area contributed by atoms with Crippen molar-refractivity contribution in [3.63, 3.8) is 0 Å². The fraction of sp³-hybridized carbons (Fsp3) is 0.130. The number of fused-ring (bicyclic) bond motifs is 1. The summed E-state index contributed by atoms with van der Waals surface area (Å²) in [6, 6.07) is 13.6. The molecule has 0 spiro atoms. The summed E-state index contributed by atoms with van der Waals surface area (Å²) in [4.78, 5) is 18.1. The lowest BCUT2D eigenvalue weighted by Crippen LogP contribution is -2.01. The van der Waals surface area contributed by atoms with Crippen LogP contribution in [0.25, 0.3) is 27.3 Å². The van der Waals surface area contributed by atoms with Crippen LogP contribution < -0.4 is 14.8 Å². The molecule has 160 valence electrons. The van der Waals surface area contributed by atoms with Crippen molar-refractivity contribution in [1.82, 2.24) is 24.5 Å². The molecule has 0 fully saturated rings. The maximum absolute atomic E-state index is 5.61. The first-order chi connectivity index (χ1) is 15.6. The number of hydrogen-bond donors (Lipinski definition) is 1. The van der Waals surface area contributed by atoms with Gasteiger partial charge in [-0.2, -0.15) is 4.98 Å². The van der Waals surface area contributed by atoms with Crippen LogP contribution in [0.3, 0.4) is 0 Å². The Morgan fingerprint density at radius 3 is 2.53 bits per heavy atom. The zero-order valence-electron chi connectivity index (χ0n) is 17.7. The summed E-state index contributed by atoms with van der Waals surface area (Å²) in [6.45, 7) is 1.95. The average Bonchev–Trinajstić information content (AvgIpc) is 3.47. The number of thiazole rings is 1. The molecule has 3 aromatic heterocycles. The van der Waals surface area contributed by atoms with E-state index < -0.39 is 0 Å². The van der Waals surface area contributed by atoms with Gasteiger partial charge >= 0.3 is 0 Å². The van der Waals surface area contributed by atoms with Gasteiger partial charge in [0.05, 0.1) is 47.8 Å². The summed E-state index contributed by atoms with van der Waals surface area (Å²) < 4.78 is 13.7. The number of anilines is 2. The molecule has 0 saturated heterocycles. The molecule has 2 aromatic carbocycles. The molecule has 0 radical (unpaired) electrons. The van der Waals surface area contributed by atoms with E-state index in [1.54, 1.807) is 26.1 Å². The van der Waals surface area contributed by atoms with Crippen LogP contribution in [0, 0.1) is 6.92 Å². The molecular formula is C23H20N6O2S. The molecule has 0 amide bonds. The van der Waals surface area contributed by atoms with Crippen molar-refractivity contribution in [1.29, 1.82) is 0 Å². The van der Waals surface area contributed by atoms with E-state index in [4.69, 9.17) is 14.5 Å². The van der Waals surface area contributed by atoms with Crippen molar-refractivity contribution in [3.05, 3.63) is 66.2 Å². The molecular weight excluding hydrogens is 424 g/mol. The highest BCUT2D eigenvalue weighted by atomic mass is 32.1. The summed E-state index contributed by atoms with van der Waals surface area (Å²) in [5.41, 5.74) is 6.85. The second kappa shape index (κ2) is 8.27. The molecule has 32 heavy (non-hydrogen) atoms. The lowest BCUT2D eigenvalue weighted by atomic mass is 10.1. The van der Waals surface area contributed by atoms with Gasteiger partial charge in [0.15, 0.2) is 5.65 Å². The van der Waals surface area contributed by atoms with Crippen LogP contribution in [0.4, 0.5) is 11.6 Å². The first kappa shape index (κ1) is 20.0. The number of nitrogens with one attached hydrogen (secondary N) is 1. The Bertz CT molecular complexity index is 1390. The van der Waals surface area contributed by atoms with E-state index in [2.05, 4.69) is 20.3 Å². The van der Waals surface area contributed by atoms with Gasteiger partial charge in [0.25, 0.3) is 0 Å². The molecule has 5 rings (SSSR count). The van der Waals surface area contributed by atoms with Gasteiger partial charge in [-0.15, -0.1) is 11.3 Å². The van der Waals surface area contributed by atoms with Gasteiger partial charge in [0, 0.05) is 23.5 Å². The third kappa shape index (κ3) is 3.74. The standard InChI is InChI=1S/C23H20N6O2S/c1-14-11-29(12-24-14)18-9-6-16(10-19(18)31-3)26-23-27-20(21-22(28-23)25-13-32-21)15-4-7-17(30-2)8-5-15/h4-13H,1-3H3,(H,26,27,28). The highest BCUT2D eigenvalue weighted by Gasteiger charge is 2.14. The minimum Gasteiger partial charge on any atom is -0.497 e. The van der Waals surface area contributed by atoms with E-state index >= 15 is 0 Å². The number of ether oxygens (including phenoxy) is 2. The maximum atomic E-state index is 5.61. The molecule has 0 bridgehead atoms. The SMILES string of the molecule is COc1ccc(-c2nc(Nc3ccc(-n4cnc(C)c4)c(OC)c3)nc3ncsc23)cc1. The minimum absolute atomic E-state index is 0.461. The van der Waals surface area contributed by atoms with Crippen molar-refractivity contribution >= 4 is 33.3 Å². The van der Waals surface area contributed by atoms with E-state index in [9.17, 15) is 0 Å². The minimum atomic E-state index is 0.461. The van der Waals surface area contributed by atoms with Gasteiger partial charge in [-0.3, -0.25) is 0 Å². The van der Waals surface area contributed by atoms with Gasteiger partial charge in [-0.05, 0) is 43.3 Å². The number of benzene rings is 2. The Morgan fingerprint density at radius 2 is 1.81 bits per heavy atom. The monoisotopic (exact) mass is 444 g/mol. The van der Waals surface area contributed by atoms with E-state index in [0.29, 0.717) is 17.3 Å². The Labute approximate surface area is 188 Å². The van der Waals surface area contributed by atoms with E-state index in [-0.39, 0.29) is 0 Å². The quantitative estimate of drug-likeness (QED) is 0.394. The predicted molar refractivity (Wildman–Crippen MR) is 125 cm³/mol. The maximum Gasteiger partial charge on any atom is 0.229 e. The van der Waals surface area contributed by atoms with Gasteiger partial charge in [0.1, 0.15) is 11.5 Å². The fourth-order valence-electron chi connectivity index (χ4n) is 3.41. The van der Waals surface area contributed by atoms with Gasteiger partial charge < -0.3 is 19.4 Å². The van der Waals surface area contributed by atoms with Crippen LogP contribution in [-0.4, -0.2) is 38.7 Å². The number of imidazole rings is 1. The number of rotatable bonds is 6. The van der Waals surface area contributed by atoms with Gasteiger partial charge in [0.2, 0.25) is 5.95 Å². The molecule has 0 unspecified atom stereocenters. The zero-order valence-corrected chi connectivity index (χ0v) is 18.6. The second-order valence-electron chi connectivity index (χ2n) is 7.06. The second-order valence-corrected chi connectivity index (χ2v) is 7.92. The van der Waals surface area contributed by atoms with Crippen LogP contribution in [-0.2, 0) is 0 Å². The molecule has 3 heterocycles. The third-order valence-corrected chi connectivity index (χ3v) is 5.80. The van der Waals surface area contributed by atoms with Crippen LogP contribution in [0.5, 0.6) is 11.5 Å². The topological polar surface area (TPSA) is 87.0 Å². The summed E-state index contributed by atoms with van der Waals surface area (Å²) in [5.74, 6) is 1.96. The lowest BCUT2D eigenvalue weighted by molar-refractivity contribution is 0.413. The molecule has 5 aromatic rings. The van der Waals surface area contributed by atoms with Gasteiger partial charge in [-0.25, -0.2) is 15.0 Å². The molecule has 8 nitrogen and oxygen atoms in total. The van der Waals surface area contributed by atoms with Crippen molar-refractivity contribution in [2.75, 3.05) is 19.5 Å². The number of aryl methyl sites for hydroxylation is 1.